The maximum Gasteiger partial charge on any atom is 0.338 e. The Balaban J connectivity index is 1.89. The number of ketones is 1. The highest BCUT2D eigenvalue weighted by Crippen LogP contribution is 2.12. The molecule has 23 heavy (non-hydrogen) atoms. The van der Waals surface area contributed by atoms with Crippen molar-refractivity contribution in [2.45, 2.75) is 26.2 Å². The molecule has 4 heteroatoms. The third-order valence-electron chi connectivity index (χ3n) is 3.51. The van der Waals surface area contributed by atoms with Crippen LogP contribution in [-0.4, -0.2) is 18.4 Å². The van der Waals surface area contributed by atoms with Gasteiger partial charge in [0.05, 0.1) is 5.56 Å². The molecule has 0 aromatic heterocycles. The molecule has 3 nitrogen and oxygen atoms in total. The number of hydrogen-bond acceptors (Lipinski definition) is 3. The molecule has 2 aromatic rings. The number of benzene rings is 2. The predicted molar refractivity (Wildman–Crippen MR) is 93.8 cm³/mol. The number of unbranched alkanes of at least 4 members (excludes halogenated alkanes) is 1. The summed E-state index contributed by atoms with van der Waals surface area (Å²) in [7, 11) is 0. The van der Waals surface area contributed by atoms with Gasteiger partial charge in [-0.25, -0.2) is 4.79 Å². The fourth-order valence-electron chi connectivity index (χ4n) is 2.12. The summed E-state index contributed by atoms with van der Waals surface area (Å²) in [5.41, 5.74) is 2.19. The highest BCUT2D eigenvalue weighted by atomic mass is 79.9. The highest BCUT2D eigenvalue weighted by Gasteiger charge is 2.11. The minimum atomic E-state index is -0.475. The second kappa shape index (κ2) is 8.63. The zero-order chi connectivity index (χ0) is 16.7. The molecular weight excluding hydrogens is 356 g/mol. The van der Waals surface area contributed by atoms with Crippen LogP contribution in [-0.2, 0) is 11.2 Å². The number of halogens is 1. The minimum Gasteiger partial charge on any atom is -0.454 e. The molecule has 0 heterocycles. The lowest BCUT2D eigenvalue weighted by molar-refractivity contribution is 0.0474. The van der Waals surface area contributed by atoms with Gasteiger partial charge in [-0.2, -0.15) is 0 Å². The van der Waals surface area contributed by atoms with Crippen molar-refractivity contribution >= 4 is 27.7 Å². The van der Waals surface area contributed by atoms with Crippen LogP contribution in [0.15, 0.2) is 53.0 Å². The summed E-state index contributed by atoms with van der Waals surface area (Å²) >= 11 is 3.31. The lowest BCUT2D eigenvalue weighted by atomic mass is 10.1. The molecule has 0 amide bonds. The van der Waals surface area contributed by atoms with Crippen LogP contribution in [0, 0.1) is 0 Å². The summed E-state index contributed by atoms with van der Waals surface area (Å²) in [6, 6.07) is 14.3. The van der Waals surface area contributed by atoms with E-state index in [0.717, 1.165) is 23.7 Å². The molecule has 0 saturated carbocycles. The van der Waals surface area contributed by atoms with Crippen molar-refractivity contribution in [2.24, 2.45) is 0 Å². The Bertz CT molecular complexity index is 660. The molecule has 0 aliphatic carbocycles. The number of Topliss-reactive ketones (excluding diaryl/α,β-unsaturated/α-hetero) is 1. The van der Waals surface area contributed by atoms with Crippen LogP contribution in [0.3, 0.4) is 0 Å². The Kier molecular flexibility index (Phi) is 6.53. The Labute approximate surface area is 144 Å². The molecule has 2 rings (SSSR count). The zero-order valence-corrected chi connectivity index (χ0v) is 14.6. The molecular formula is C19H19BrO3. The van der Waals surface area contributed by atoms with E-state index in [1.165, 1.54) is 5.56 Å². The first-order valence-electron chi connectivity index (χ1n) is 7.65. The van der Waals surface area contributed by atoms with E-state index in [1.54, 1.807) is 36.4 Å². The van der Waals surface area contributed by atoms with Crippen molar-refractivity contribution in [3.8, 4) is 0 Å². The number of carbonyl (C=O) groups is 2. The fraction of sp³-hybridized carbons (Fsp3) is 0.263. The van der Waals surface area contributed by atoms with Crippen molar-refractivity contribution in [2.75, 3.05) is 6.61 Å². The molecule has 120 valence electrons. The smallest absolute Gasteiger partial charge is 0.338 e. The van der Waals surface area contributed by atoms with Gasteiger partial charge in [-0.05, 0) is 42.7 Å². The SMILES string of the molecule is CCCCc1ccc(C(=O)OCC(=O)c2ccc(Br)cc2)cc1. The van der Waals surface area contributed by atoms with Crippen molar-refractivity contribution in [1.29, 1.82) is 0 Å². The summed E-state index contributed by atoms with van der Waals surface area (Å²) in [6.07, 6.45) is 3.28. The van der Waals surface area contributed by atoms with Crippen molar-refractivity contribution < 1.29 is 14.3 Å². The molecule has 0 saturated heterocycles. The van der Waals surface area contributed by atoms with Gasteiger partial charge >= 0.3 is 5.97 Å². The van der Waals surface area contributed by atoms with E-state index in [1.807, 2.05) is 12.1 Å². The van der Waals surface area contributed by atoms with Gasteiger partial charge in [-0.1, -0.05) is 53.5 Å². The van der Waals surface area contributed by atoms with Gasteiger partial charge in [0.2, 0.25) is 0 Å². The number of hydrogen-bond donors (Lipinski definition) is 0. The second-order valence-corrected chi connectivity index (χ2v) is 6.22. The molecule has 0 unspecified atom stereocenters. The maximum atomic E-state index is 12.0. The molecule has 0 atom stereocenters. The topological polar surface area (TPSA) is 43.4 Å². The first-order valence-corrected chi connectivity index (χ1v) is 8.44. The number of ether oxygens (including phenoxy) is 1. The van der Waals surface area contributed by atoms with Crippen LogP contribution in [0.25, 0.3) is 0 Å². The summed E-state index contributed by atoms with van der Waals surface area (Å²) in [5.74, 6) is -0.692. The van der Waals surface area contributed by atoms with Gasteiger partial charge in [0.25, 0.3) is 0 Å². The average Bonchev–Trinajstić information content (AvgIpc) is 2.58. The first-order chi connectivity index (χ1) is 11.1. The number of rotatable bonds is 7. The van der Waals surface area contributed by atoms with Gasteiger partial charge in [-0.3, -0.25) is 4.79 Å². The van der Waals surface area contributed by atoms with E-state index in [-0.39, 0.29) is 12.4 Å². The van der Waals surface area contributed by atoms with E-state index in [2.05, 4.69) is 22.9 Å². The number of aryl methyl sites for hydroxylation is 1. The van der Waals surface area contributed by atoms with Gasteiger partial charge in [0.1, 0.15) is 0 Å². The summed E-state index contributed by atoms with van der Waals surface area (Å²) in [5, 5.41) is 0. The molecule has 0 N–H and O–H groups in total. The van der Waals surface area contributed by atoms with Crippen LogP contribution in [0.2, 0.25) is 0 Å². The van der Waals surface area contributed by atoms with Crippen LogP contribution >= 0.6 is 15.9 Å². The normalized spacial score (nSPS) is 10.3. The Morgan fingerprint density at radius 1 is 0.957 bits per heavy atom. The molecule has 0 spiro atoms. The largest absolute Gasteiger partial charge is 0.454 e. The maximum absolute atomic E-state index is 12.0. The van der Waals surface area contributed by atoms with Gasteiger partial charge in [0, 0.05) is 10.0 Å². The third-order valence-corrected chi connectivity index (χ3v) is 4.04. The van der Waals surface area contributed by atoms with Gasteiger partial charge < -0.3 is 4.74 Å². The fourth-order valence-corrected chi connectivity index (χ4v) is 2.39. The van der Waals surface area contributed by atoms with Crippen molar-refractivity contribution in [3.05, 3.63) is 69.7 Å². The van der Waals surface area contributed by atoms with Crippen molar-refractivity contribution in [1.82, 2.24) is 0 Å². The van der Waals surface area contributed by atoms with Crippen molar-refractivity contribution in [3.63, 3.8) is 0 Å². The molecule has 2 aromatic carbocycles. The third kappa shape index (κ3) is 5.32. The van der Waals surface area contributed by atoms with Crippen LogP contribution in [0.5, 0.6) is 0 Å². The molecule has 0 aliphatic rings. The van der Waals surface area contributed by atoms with E-state index in [4.69, 9.17) is 4.74 Å². The van der Waals surface area contributed by atoms with E-state index >= 15 is 0 Å². The van der Waals surface area contributed by atoms with E-state index < -0.39 is 5.97 Å². The number of carbonyl (C=O) groups excluding carboxylic acids is 2. The Morgan fingerprint density at radius 2 is 1.57 bits per heavy atom. The van der Waals surface area contributed by atoms with Gasteiger partial charge in [0.15, 0.2) is 12.4 Å². The quantitative estimate of drug-likeness (QED) is 0.514. The average molecular weight is 375 g/mol. The summed E-state index contributed by atoms with van der Waals surface area (Å²) < 4.78 is 5.99. The van der Waals surface area contributed by atoms with Crippen LogP contribution < -0.4 is 0 Å². The van der Waals surface area contributed by atoms with Crippen LogP contribution in [0.4, 0.5) is 0 Å². The standard InChI is InChI=1S/C19H19BrO3/c1-2-3-4-14-5-7-16(8-6-14)19(22)23-13-18(21)15-9-11-17(20)12-10-15/h5-12H,2-4,13H2,1H3. The second-order valence-electron chi connectivity index (χ2n) is 5.31. The lowest BCUT2D eigenvalue weighted by Crippen LogP contribution is -2.14. The summed E-state index contributed by atoms with van der Waals surface area (Å²) in [6.45, 7) is 1.90. The molecule has 0 radical (unpaired) electrons. The first kappa shape index (κ1) is 17.4. The summed E-state index contributed by atoms with van der Waals surface area (Å²) in [4.78, 5) is 23.9. The van der Waals surface area contributed by atoms with Crippen LogP contribution in [0.1, 0.15) is 46.0 Å². The number of esters is 1. The molecule has 0 fully saturated rings. The minimum absolute atomic E-state index is 0.217. The Morgan fingerprint density at radius 3 is 2.17 bits per heavy atom. The Hall–Kier alpha value is -1.94. The van der Waals surface area contributed by atoms with E-state index in [9.17, 15) is 9.59 Å². The molecule has 0 aliphatic heterocycles. The van der Waals surface area contributed by atoms with Gasteiger partial charge in [-0.15, -0.1) is 0 Å². The van der Waals surface area contributed by atoms with E-state index in [0.29, 0.717) is 11.1 Å². The lowest BCUT2D eigenvalue weighted by Gasteiger charge is -2.06. The monoisotopic (exact) mass is 374 g/mol. The highest BCUT2D eigenvalue weighted by molar-refractivity contribution is 9.10. The predicted octanol–water partition coefficient (Wildman–Crippen LogP) is 4.83. The zero-order valence-electron chi connectivity index (χ0n) is 13.0. The molecule has 0 bridgehead atoms.